The van der Waals surface area contributed by atoms with Gasteiger partial charge in [0.05, 0.1) is 47.5 Å². The molecule has 8 rings (SSSR count). The van der Waals surface area contributed by atoms with Crippen LogP contribution in [0.4, 0.5) is 0 Å². The Morgan fingerprint density at radius 1 is 1.02 bits per heavy atom. The van der Waals surface area contributed by atoms with Crippen molar-refractivity contribution in [3.8, 4) is 0 Å². The van der Waals surface area contributed by atoms with Crippen LogP contribution in [0.15, 0.2) is 28.1 Å². The van der Waals surface area contributed by atoms with Crippen LogP contribution in [0, 0.1) is 25.7 Å². The third kappa shape index (κ3) is 2.95. The highest BCUT2D eigenvalue weighted by Gasteiger charge is 2.76. The molecule has 0 fully saturated rings. The molecule has 0 saturated heterocycles. The number of aromatic nitrogens is 2. The van der Waals surface area contributed by atoms with E-state index in [2.05, 4.69) is 57.3 Å². The van der Waals surface area contributed by atoms with Gasteiger partial charge in [-0.25, -0.2) is 4.79 Å². The molecule has 2 aromatic rings. The molecule has 6 aliphatic heterocycles. The van der Waals surface area contributed by atoms with Crippen LogP contribution in [0.5, 0.6) is 0 Å². The summed E-state index contributed by atoms with van der Waals surface area (Å²) in [6.07, 6.45) is 7.84. The topological polar surface area (TPSA) is 134 Å². The Morgan fingerprint density at radius 3 is 2.39 bits per heavy atom. The van der Waals surface area contributed by atoms with Crippen molar-refractivity contribution in [3.05, 3.63) is 72.5 Å². The smallest absolute Gasteiger partial charge is 0.481 e. The van der Waals surface area contributed by atoms with Crippen LogP contribution in [0.3, 0.4) is 0 Å². The first-order chi connectivity index (χ1) is 21.9. The van der Waals surface area contributed by atoms with Crippen molar-refractivity contribution in [3.63, 3.8) is 0 Å². The molecular weight excluding hydrogens is 588 g/mol. The molecule has 0 aliphatic carbocycles. The predicted molar refractivity (Wildman–Crippen MR) is 166 cm³/mol. The van der Waals surface area contributed by atoms with E-state index in [1.807, 2.05) is 6.92 Å². The average Bonchev–Trinajstić information content (AvgIpc) is 3.67. The Balaban J connectivity index is 1.66. The Kier molecular flexibility index (Phi) is 5.57. The lowest BCUT2D eigenvalue weighted by atomic mass is 9.82. The number of esters is 1. The van der Waals surface area contributed by atoms with Gasteiger partial charge in [-0.2, -0.15) is 9.13 Å². The molecule has 0 saturated carbocycles. The number of carboxylic acids is 2. The van der Waals surface area contributed by atoms with E-state index in [0.717, 1.165) is 62.9 Å². The first-order valence-electron chi connectivity index (χ1n) is 15.6. The Labute approximate surface area is 263 Å². The molecule has 11 heteroatoms. The van der Waals surface area contributed by atoms with Gasteiger partial charge >= 0.3 is 23.8 Å². The third-order valence-electron chi connectivity index (χ3n) is 11.1. The third-order valence-corrected chi connectivity index (χ3v) is 11.1. The molecule has 0 amide bonds. The van der Waals surface area contributed by atoms with Gasteiger partial charge in [0.2, 0.25) is 17.1 Å². The van der Waals surface area contributed by atoms with Gasteiger partial charge in [0.15, 0.2) is 12.0 Å². The number of carbonyl (C=O) groups is 4. The van der Waals surface area contributed by atoms with Crippen LogP contribution in [-0.4, -0.2) is 71.2 Å². The maximum atomic E-state index is 13.3. The zero-order valence-corrected chi connectivity index (χ0v) is 26.5. The van der Waals surface area contributed by atoms with E-state index in [0.29, 0.717) is 34.5 Å². The highest BCUT2D eigenvalue weighted by Crippen LogP contribution is 2.54. The largest absolute Gasteiger partial charge is 0.553 e. The summed E-state index contributed by atoms with van der Waals surface area (Å²) in [5.74, 6) is -4.33. The fraction of sp³-hybridized carbons (Fsp3) is 0.371. The summed E-state index contributed by atoms with van der Waals surface area (Å²) in [7, 11) is 1.31. The molecule has 3 atom stereocenters. The number of hydrogen-bond donors (Lipinski definition) is 2. The van der Waals surface area contributed by atoms with Gasteiger partial charge in [0.1, 0.15) is 11.1 Å². The number of ether oxygens (including phenoxy) is 1. The minimum Gasteiger partial charge on any atom is -0.481 e. The molecule has 1 spiro atoms. The van der Waals surface area contributed by atoms with Crippen LogP contribution in [0.2, 0.25) is 0 Å². The fourth-order valence-electron chi connectivity index (χ4n) is 9.16. The van der Waals surface area contributed by atoms with E-state index in [1.165, 1.54) is 7.11 Å². The van der Waals surface area contributed by atoms with E-state index in [1.54, 1.807) is 6.92 Å². The number of methoxy groups -OCH3 is 1. The van der Waals surface area contributed by atoms with Crippen molar-refractivity contribution in [2.45, 2.75) is 66.2 Å². The van der Waals surface area contributed by atoms with Crippen LogP contribution in [0.25, 0.3) is 18.2 Å². The van der Waals surface area contributed by atoms with Crippen LogP contribution >= 0.6 is 0 Å². The van der Waals surface area contributed by atoms with Crippen molar-refractivity contribution in [2.75, 3.05) is 7.11 Å². The molecule has 0 radical (unpaired) electrons. The summed E-state index contributed by atoms with van der Waals surface area (Å²) >= 11 is 0. The second-order valence-corrected chi connectivity index (χ2v) is 12.9. The molecule has 2 N–H and O–H groups in total. The quantitative estimate of drug-likeness (QED) is 0.261. The van der Waals surface area contributed by atoms with E-state index in [-0.39, 0.29) is 30.3 Å². The number of nitrogens with zero attached hydrogens (tertiary/aromatic N) is 4. The summed E-state index contributed by atoms with van der Waals surface area (Å²) < 4.78 is 13.9. The van der Waals surface area contributed by atoms with E-state index < -0.39 is 23.8 Å². The van der Waals surface area contributed by atoms with Gasteiger partial charge in [-0.15, -0.1) is 0 Å². The first-order valence-corrected chi connectivity index (χ1v) is 15.6. The molecule has 2 aromatic heterocycles. The summed E-state index contributed by atoms with van der Waals surface area (Å²) in [5.41, 5.74) is 9.09. The number of aldehydes is 1. The molecule has 234 valence electrons. The fourth-order valence-corrected chi connectivity index (χ4v) is 9.16. The Bertz CT molecular complexity index is 2250. The molecule has 46 heavy (non-hydrogen) atoms. The summed E-state index contributed by atoms with van der Waals surface area (Å²) in [5, 5.41) is 22.5. The SMILES string of the molecule is CCc1c(C)c2n3c1=CC1=[N+]4C(=C(CC(=O)OC)C5=[N+]6C(=Cc7c(C)c(C=O)c(n7[C@@]346)C=2)[C@@H](C)[C@@H]5CCC(=O)O)C(C(=O)O)=C1C. The van der Waals surface area contributed by atoms with Crippen LogP contribution < -0.4 is 10.7 Å². The normalized spacial score (nSPS) is 24.1. The lowest BCUT2D eigenvalue weighted by Crippen LogP contribution is -2.70. The summed E-state index contributed by atoms with van der Waals surface area (Å²) in [6, 6.07) is 0. The van der Waals surface area contributed by atoms with Crippen molar-refractivity contribution < 1.29 is 43.3 Å². The molecular formula is C35H34N4O7+2. The highest BCUT2D eigenvalue weighted by molar-refractivity contribution is 6.24. The predicted octanol–water partition coefficient (Wildman–Crippen LogP) is 1.97. The second-order valence-electron chi connectivity index (χ2n) is 12.9. The Morgan fingerprint density at radius 2 is 1.76 bits per heavy atom. The zero-order valence-electron chi connectivity index (χ0n) is 26.5. The molecule has 11 nitrogen and oxygen atoms in total. The molecule has 0 unspecified atom stereocenters. The maximum absolute atomic E-state index is 13.3. The van der Waals surface area contributed by atoms with E-state index in [9.17, 15) is 29.4 Å². The van der Waals surface area contributed by atoms with E-state index in [4.69, 9.17) is 4.74 Å². The van der Waals surface area contributed by atoms with Gasteiger partial charge in [0, 0.05) is 29.7 Å². The van der Waals surface area contributed by atoms with Crippen LogP contribution in [-0.2, 0) is 31.5 Å². The van der Waals surface area contributed by atoms with Gasteiger partial charge < -0.3 is 14.9 Å². The monoisotopic (exact) mass is 622 g/mol. The van der Waals surface area contributed by atoms with Crippen molar-refractivity contribution in [1.29, 1.82) is 0 Å². The first kappa shape index (κ1) is 28.4. The number of hydrogen-bond acceptors (Lipinski definition) is 5. The number of rotatable bonds is 8. The van der Waals surface area contributed by atoms with Gasteiger partial charge in [-0.3, -0.25) is 14.4 Å². The number of carboxylic acid groups (broad SMARTS) is 2. The highest BCUT2D eigenvalue weighted by atomic mass is 16.5. The standard InChI is InChI=1S/C35H32N4O7/c1-7-19-15(2)24-12-28-22(14-40)17(4)23-11-25-16(3)20(8-9-29(41)42)32-21(10-30(43)46-6)33-31(34(44)45)18(5)26-13-27(19)36(24)35(37(23)28,38(25)32)39(26)33/h11-14,16,20H,7-10H2,1-6H3/p+2/t16-,20-,35+/m0/s1. The van der Waals surface area contributed by atoms with Gasteiger partial charge in [-0.1, -0.05) is 23.0 Å². The number of allylic oxidation sites excluding steroid dienone is 2. The minimum absolute atomic E-state index is 0.0955. The lowest BCUT2D eigenvalue weighted by Gasteiger charge is -2.39. The van der Waals surface area contributed by atoms with Gasteiger partial charge in [0.25, 0.3) is 0 Å². The van der Waals surface area contributed by atoms with Gasteiger partial charge in [-0.05, 0) is 56.4 Å². The van der Waals surface area contributed by atoms with Crippen LogP contribution in [0.1, 0.15) is 78.5 Å². The maximum Gasteiger partial charge on any atom is 0.553 e. The molecule has 0 bridgehead atoms. The van der Waals surface area contributed by atoms with E-state index >= 15 is 0 Å². The molecule has 0 aromatic carbocycles. The minimum atomic E-state index is -1.24. The van der Waals surface area contributed by atoms with Crippen molar-refractivity contribution >= 4 is 53.8 Å². The van der Waals surface area contributed by atoms with Crippen molar-refractivity contribution in [2.24, 2.45) is 11.8 Å². The molecule has 8 heterocycles. The number of aliphatic carboxylic acids is 2. The van der Waals surface area contributed by atoms with Crippen molar-refractivity contribution in [1.82, 2.24) is 9.13 Å². The summed E-state index contributed by atoms with van der Waals surface area (Å²) in [6.45, 7) is 9.99. The number of carbonyl (C=O) groups excluding carboxylic acids is 2. The zero-order chi connectivity index (χ0) is 32.7. The lowest BCUT2D eigenvalue weighted by molar-refractivity contribution is -0.839. The molecule has 6 aliphatic rings. The summed E-state index contributed by atoms with van der Waals surface area (Å²) in [4.78, 5) is 51.2. The second kappa shape index (κ2) is 9.02. The Hall–Kier alpha value is -5.06. The average molecular weight is 623 g/mol.